The summed E-state index contributed by atoms with van der Waals surface area (Å²) >= 11 is 0. The van der Waals surface area contributed by atoms with Gasteiger partial charge in [0.2, 0.25) is 0 Å². The highest BCUT2D eigenvalue weighted by molar-refractivity contribution is 6.00. The van der Waals surface area contributed by atoms with E-state index in [1.165, 1.54) is 0 Å². The summed E-state index contributed by atoms with van der Waals surface area (Å²) in [6.07, 6.45) is 2.90. The molecule has 0 aromatic heterocycles. The number of ether oxygens (including phenoxy) is 3. The third-order valence-electron chi connectivity index (χ3n) is 6.07. The van der Waals surface area contributed by atoms with Crippen LogP contribution in [0.25, 0.3) is 0 Å². The molecule has 4 nitrogen and oxygen atoms in total. The van der Waals surface area contributed by atoms with Crippen LogP contribution in [0.1, 0.15) is 47.2 Å². The maximum absolute atomic E-state index is 13.5. The molecule has 0 N–H and O–H groups in total. The molecule has 1 aliphatic heterocycles. The summed E-state index contributed by atoms with van der Waals surface area (Å²) in [5.41, 5.74) is 2.51. The Bertz CT molecular complexity index is 781. The van der Waals surface area contributed by atoms with Crippen LogP contribution in [0.3, 0.4) is 0 Å². The van der Waals surface area contributed by atoms with Crippen molar-refractivity contribution in [2.24, 2.45) is 5.41 Å². The molecule has 2 aliphatic rings. The second kappa shape index (κ2) is 8.16. The first kappa shape index (κ1) is 19.3. The zero-order valence-corrected chi connectivity index (χ0v) is 16.5. The highest BCUT2D eigenvalue weighted by Gasteiger charge is 2.50. The number of ketones is 1. The molecule has 0 unspecified atom stereocenters. The number of carbonyl (C=O) groups excluding carboxylic acids is 1. The van der Waals surface area contributed by atoms with Crippen LogP contribution in [0.4, 0.5) is 0 Å². The molecule has 4 heteroatoms. The number of carbonyl (C=O) groups is 1. The average molecular weight is 380 g/mol. The van der Waals surface area contributed by atoms with E-state index in [9.17, 15) is 4.79 Å². The van der Waals surface area contributed by atoms with Crippen molar-refractivity contribution in [3.63, 3.8) is 0 Å². The lowest BCUT2D eigenvalue weighted by atomic mass is 9.68. The quantitative estimate of drug-likeness (QED) is 0.682. The molecule has 2 fully saturated rings. The zero-order chi connectivity index (χ0) is 19.5. The summed E-state index contributed by atoms with van der Waals surface area (Å²) in [7, 11) is 0. The third-order valence-corrected chi connectivity index (χ3v) is 6.07. The van der Waals surface area contributed by atoms with Gasteiger partial charge in [0.1, 0.15) is 0 Å². The van der Waals surface area contributed by atoms with E-state index >= 15 is 0 Å². The lowest BCUT2D eigenvalue weighted by molar-refractivity contribution is -0.191. The number of rotatable bonds is 6. The highest BCUT2D eigenvalue weighted by atomic mass is 16.7. The third kappa shape index (κ3) is 4.04. The van der Waals surface area contributed by atoms with Crippen LogP contribution < -0.4 is 0 Å². The van der Waals surface area contributed by atoms with Crippen LogP contribution in [0.5, 0.6) is 0 Å². The van der Waals surface area contributed by atoms with E-state index < -0.39 is 11.2 Å². The normalized spacial score (nSPS) is 20.3. The summed E-state index contributed by atoms with van der Waals surface area (Å²) in [6, 6.07) is 18.0. The van der Waals surface area contributed by atoms with Gasteiger partial charge in [-0.15, -0.1) is 0 Å². The Morgan fingerprint density at radius 2 is 1.57 bits per heavy atom. The van der Waals surface area contributed by atoms with Gasteiger partial charge in [0.15, 0.2) is 11.6 Å². The summed E-state index contributed by atoms with van der Waals surface area (Å²) in [5.74, 6) is -0.315. The van der Waals surface area contributed by atoms with Gasteiger partial charge < -0.3 is 14.2 Å². The van der Waals surface area contributed by atoms with Crippen molar-refractivity contribution in [3.05, 3.63) is 71.3 Å². The molecule has 1 aliphatic carbocycles. The average Bonchev–Trinajstić information content (AvgIpc) is 3.19. The minimum Gasteiger partial charge on any atom is -0.376 e. The monoisotopic (exact) mass is 380 g/mol. The predicted molar refractivity (Wildman–Crippen MR) is 107 cm³/mol. The largest absolute Gasteiger partial charge is 0.376 e. The van der Waals surface area contributed by atoms with Crippen molar-refractivity contribution in [1.82, 2.24) is 0 Å². The Morgan fingerprint density at radius 3 is 2.21 bits per heavy atom. The number of aryl methyl sites for hydroxylation is 1. The molecule has 2 aromatic carbocycles. The van der Waals surface area contributed by atoms with Gasteiger partial charge in [0.25, 0.3) is 0 Å². The van der Waals surface area contributed by atoms with Crippen molar-refractivity contribution in [3.8, 4) is 0 Å². The van der Waals surface area contributed by atoms with E-state index in [0.29, 0.717) is 39.3 Å². The summed E-state index contributed by atoms with van der Waals surface area (Å²) < 4.78 is 17.8. The zero-order valence-electron chi connectivity index (χ0n) is 16.5. The molecule has 0 radical (unpaired) electrons. The van der Waals surface area contributed by atoms with Crippen molar-refractivity contribution < 1.29 is 19.0 Å². The molecule has 148 valence electrons. The molecule has 1 spiro atoms. The van der Waals surface area contributed by atoms with E-state index in [1.807, 2.05) is 61.5 Å². The Balaban J connectivity index is 1.50. The molecule has 2 aromatic rings. The van der Waals surface area contributed by atoms with Gasteiger partial charge in [-0.1, -0.05) is 60.2 Å². The first-order valence-electron chi connectivity index (χ1n) is 10.1. The SMILES string of the molecule is Cc1ccc(C(=O)C2(COCc3ccccc3)CCC3(CC2)OCCO3)cc1. The van der Waals surface area contributed by atoms with E-state index in [1.54, 1.807) is 0 Å². The molecule has 28 heavy (non-hydrogen) atoms. The molecular formula is C24H28O4. The van der Waals surface area contributed by atoms with Crippen molar-refractivity contribution in [2.45, 2.75) is 45.0 Å². The van der Waals surface area contributed by atoms with Crippen molar-refractivity contribution >= 4 is 5.78 Å². The smallest absolute Gasteiger partial charge is 0.171 e. The van der Waals surface area contributed by atoms with E-state index in [4.69, 9.17) is 14.2 Å². The molecular weight excluding hydrogens is 352 g/mol. The standard InChI is InChI=1S/C24H28O4/c1-19-7-9-21(10-8-19)22(25)23(18-26-17-20-5-3-2-4-6-20)11-13-24(14-12-23)27-15-16-28-24/h2-10H,11-18H2,1H3. The second-order valence-corrected chi connectivity index (χ2v) is 8.06. The first-order chi connectivity index (χ1) is 13.6. The molecule has 0 bridgehead atoms. The molecule has 4 rings (SSSR count). The Morgan fingerprint density at radius 1 is 0.929 bits per heavy atom. The van der Waals surface area contributed by atoms with Crippen molar-refractivity contribution in [1.29, 1.82) is 0 Å². The number of hydrogen-bond donors (Lipinski definition) is 0. The van der Waals surface area contributed by atoms with Gasteiger partial charge in [-0.3, -0.25) is 4.79 Å². The fourth-order valence-electron chi connectivity index (χ4n) is 4.28. The van der Waals surface area contributed by atoms with Crippen LogP contribution in [-0.4, -0.2) is 31.4 Å². The van der Waals surface area contributed by atoms with Gasteiger partial charge in [-0.2, -0.15) is 0 Å². The fourth-order valence-corrected chi connectivity index (χ4v) is 4.28. The summed E-state index contributed by atoms with van der Waals surface area (Å²) in [6.45, 7) is 4.26. The van der Waals surface area contributed by atoms with Crippen LogP contribution >= 0.6 is 0 Å². The molecule has 1 saturated carbocycles. The summed E-state index contributed by atoms with van der Waals surface area (Å²) in [5, 5.41) is 0. The van der Waals surface area contributed by atoms with E-state index in [0.717, 1.165) is 29.5 Å². The van der Waals surface area contributed by atoms with Crippen LogP contribution in [0, 0.1) is 12.3 Å². The van der Waals surface area contributed by atoms with Crippen LogP contribution in [0.15, 0.2) is 54.6 Å². The molecule has 0 atom stereocenters. The number of benzene rings is 2. The highest BCUT2D eigenvalue weighted by Crippen LogP contribution is 2.46. The van der Waals surface area contributed by atoms with Gasteiger partial charge >= 0.3 is 0 Å². The first-order valence-corrected chi connectivity index (χ1v) is 10.1. The van der Waals surface area contributed by atoms with Crippen molar-refractivity contribution in [2.75, 3.05) is 19.8 Å². The lowest BCUT2D eigenvalue weighted by Gasteiger charge is -2.42. The lowest BCUT2D eigenvalue weighted by Crippen LogP contribution is -2.46. The van der Waals surface area contributed by atoms with Gasteiger partial charge in [-0.25, -0.2) is 0 Å². The minimum atomic E-state index is -0.523. The maximum atomic E-state index is 13.5. The topological polar surface area (TPSA) is 44.8 Å². The Kier molecular flexibility index (Phi) is 5.63. The Labute approximate surface area is 166 Å². The fraction of sp³-hybridized carbons (Fsp3) is 0.458. The molecule has 1 saturated heterocycles. The minimum absolute atomic E-state index is 0.174. The second-order valence-electron chi connectivity index (χ2n) is 8.06. The molecule has 0 amide bonds. The van der Waals surface area contributed by atoms with E-state index in [-0.39, 0.29) is 5.78 Å². The summed E-state index contributed by atoms with van der Waals surface area (Å²) in [4.78, 5) is 13.5. The predicted octanol–water partition coefficient (Wildman–Crippen LogP) is 4.70. The van der Waals surface area contributed by atoms with Gasteiger partial charge in [-0.05, 0) is 25.3 Å². The van der Waals surface area contributed by atoms with Gasteiger partial charge in [0.05, 0.1) is 31.8 Å². The van der Waals surface area contributed by atoms with Gasteiger partial charge in [0, 0.05) is 18.4 Å². The van der Waals surface area contributed by atoms with E-state index in [2.05, 4.69) is 0 Å². The van der Waals surface area contributed by atoms with Crippen LogP contribution in [-0.2, 0) is 20.8 Å². The molecule has 1 heterocycles. The number of hydrogen-bond acceptors (Lipinski definition) is 4. The Hall–Kier alpha value is -2.01. The van der Waals surface area contributed by atoms with Crippen LogP contribution in [0.2, 0.25) is 0 Å². The maximum Gasteiger partial charge on any atom is 0.171 e. The number of Topliss-reactive ketones (excluding diaryl/α,β-unsaturated/α-hetero) is 1.